The molecule has 0 spiro atoms. The second-order valence-electron chi connectivity index (χ2n) is 9.40. The second-order valence-corrected chi connectivity index (χ2v) is 10.8. The van der Waals surface area contributed by atoms with E-state index in [-0.39, 0.29) is 6.04 Å². The summed E-state index contributed by atoms with van der Waals surface area (Å²) in [6.45, 7) is 14.1. The van der Waals surface area contributed by atoms with Crippen molar-refractivity contribution < 1.29 is 4.74 Å². The van der Waals surface area contributed by atoms with Gasteiger partial charge in [0.15, 0.2) is 5.84 Å². The summed E-state index contributed by atoms with van der Waals surface area (Å²) >= 11 is 1.98. The molecule has 1 aromatic heterocycles. The fourth-order valence-electron chi connectivity index (χ4n) is 4.31. The summed E-state index contributed by atoms with van der Waals surface area (Å²) in [6.07, 6.45) is 4.47. The van der Waals surface area contributed by atoms with Crippen molar-refractivity contribution in [1.29, 1.82) is 0 Å². The van der Waals surface area contributed by atoms with E-state index in [0.717, 1.165) is 29.4 Å². The molecule has 1 aromatic carbocycles. The van der Waals surface area contributed by atoms with Crippen LogP contribution in [0, 0.1) is 0 Å². The van der Waals surface area contributed by atoms with Gasteiger partial charge in [0.2, 0.25) is 0 Å². The number of piperidine rings is 1. The predicted molar refractivity (Wildman–Crippen MR) is 138 cm³/mol. The molecule has 3 heterocycles. The van der Waals surface area contributed by atoms with Gasteiger partial charge in [-0.1, -0.05) is 0 Å². The van der Waals surface area contributed by atoms with Crippen LogP contribution in [0.15, 0.2) is 39.3 Å². The van der Waals surface area contributed by atoms with Crippen LogP contribution >= 0.6 is 11.8 Å². The van der Waals surface area contributed by atoms with E-state index in [2.05, 4.69) is 51.5 Å². The minimum atomic E-state index is 0.104. The zero-order valence-corrected chi connectivity index (χ0v) is 21.2. The zero-order valence-electron chi connectivity index (χ0n) is 20.4. The molecule has 0 aliphatic carbocycles. The van der Waals surface area contributed by atoms with Gasteiger partial charge in [0.1, 0.15) is 23.9 Å². The molecule has 2 N–H and O–H groups in total. The molecule has 0 atom stereocenters. The van der Waals surface area contributed by atoms with Crippen molar-refractivity contribution in [3.8, 4) is 17.1 Å². The highest BCUT2D eigenvalue weighted by Crippen LogP contribution is 2.38. The van der Waals surface area contributed by atoms with Crippen LogP contribution in [0.1, 0.15) is 53.2 Å². The number of fused-ring (bicyclic) bond motifs is 3. The third-order valence-corrected chi connectivity index (χ3v) is 7.29. The Morgan fingerprint density at radius 3 is 2.61 bits per heavy atom. The highest BCUT2D eigenvalue weighted by Gasteiger charge is 2.24. The number of thioether (sulfide) groups is 1. The molecule has 0 amide bonds. The molecule has 4 rings (SSSR count). The third-order valence-electron chi connectivity index (χ3n) is 5.96. The number of aromatic nitrogens is 2. The van der Waals surface area contributed by atoms with Crippen LogP contribution in [0.2, 0.25) is 0 Å². The van der Waals surface area contributed by atoms with E-state index < -0.39 is 0 Å². The number of hydrogen-bond acceptors (Lipinski definition) is 5. The molecule has 0 radical (unpaired) electrons. The Labute approximate surface area is 201 Å². The van der Waals surface area contributed by atoms with Crippen molar-refractivity contribution in [2.75, 3.05) is 19.7 Å². The molecule has 0 unspecified atom stereocenters. The monoisotopic (exact) mass is 468 g/mol. The summed E-state index contributed by atoms with van der Waals surface area (Å²) in [5.41, 5.74) is 7.61. The number of hydrogen-bond donors (Lipinski definition) is 1. The lowest BCUT2D eigenvalue weighted by atomic mass is 10.1. The van der Waals surface area contributed by atoms with Gasteiger partial charge in [0, 0.05) is 28.4 Å². The lowest BCUT2D eigenvalue weighted by molar-refractivity contribution is 0.188. The van der Waals surface area contributed by atoms with Gasteiger partial charge in [0.25, 0.3) is 0 Å². The van der Waals surface area contributed by atoms with Crippen LogP contribution < -0.4 is 10.5 Å². The maximum Gasteiger partial charge on any atom is 0.177 e. The Balaban J connectivity index is 1.57. The Hall–Kier alpha value is -2.32. The summed E-state index contributed by atoms with van der Waals surface area (Å²) in [5.74, 6) is 2.84. The van der Waals surface area contributed by atoms with Crippen molar-refractivity contribution >= 4 is 23.4 Å². The smallest absolute Gasteiger partial charge is 0.177 e. The van der Waals surface area contributed by atoms with Gasteiger partial charge in [-0.3, -0.25) is 4.99 Å². The predicted octanol–water partition coefficient (Wildman–Crippen LogP) is 4.44. The molecule has 0 saturated carbocycles. The Morgan fingerprint density at radius 1 is 1.18 bits per heavy atom. The largest absolute Gasteiger partial charge is 0.491 e. The second kappa shape index (κ2) is 10.3. The number of nitrogens with two attached hydrogens (primary N) is 1. The van der Waals surface area contributed by atoms with Gasteiger partial charge < -0.3 is 19.9 Å². The van der Waals surface area contributed by atoms with Crippen LogP contribution in [-0.4, -0.2) is 63.2 Å². The van der Waals surface area contributed by atoms with Crippen LogP contribution in [0.25, 0.3) is 11.4 Å². The first-order valence-corrected chi connectivity index (χ1v) is 12.8. The number of aliphatic imine (C=N–C) groups is 2. The molecule has 2 aliphatic rings. The molecule has 0 bridgehead atoms. The van der Waals surface area contributed by atoms with Gasteiger partial charge in [-0.2, -0.15) is 0 Å². The number of ether oxygens (including phenoxy) is 1. The van der Waals surface area contributed by atoms with E-state index in [1.807, 2.05) is 31.8 Å². The summed E-state index contributed by atoms with van der Waals surface area (Å²) in [5, 5.41) is 0.657. The Morgan fingerprint density at radius 2 is 1.94 bits per heavy atom. The summed E-state index contributed by atoms with van der Waals surface area (Å²) in [7, 11) is 0. The van der Waals surface area contributed by atoms with E-state index in [0.29, 0.717) is 29.6 Å². The Bertz CT molecular complexity index is 1030. The van der Waals surface area contributed by atoms with Gasteiger partial charge in [-0.25, -0.2) is 9.98 Å². The number of nitrogens with zero attached hydrogens (tertiary/aromatic N) is 5. The topological polar surface area (TPSA) is 81.0 Å². The minimum Gasteiger partial charge on any atom is -0.491 e. The SMILES string of the molecule is CC(N)=NC(=NC(C)C)c1cn2c(n1)-c1ccc(SC3CCN(C(C)C)CC3)cc1OCC2. The van der Waals surface area contributed by atoms with Crippen molar-refractivity contribution in [2.24, 2.45) is 15.7 Å². The number of likely N-dealkylation sites (tertiary alicyclic amines) is 1. The molecule has 33 heavy (non-hydrogen) atoms. The quantitative estimate of drug-likeness (QED) is 0.518. The van der Waals surface area contributed by atoms with Crippen molar-refractivity contribution in [2.45, 2.75) is 76.2 Å². The first-order valence-electron chi connectivity index (χ1n) is 11.9. The van der Waals surface area contributed by atoms with E-state index in [1.54, 1.807) is 6.92 Å². The summed E-state index contributed by atoms with van der Waals surface area (Å²) in [6, 6.07) is 7.27. The molecular formula is C25H36N6OS. The molecule has 2 aliphatic heterocycles. The number of rotatable bonds is 5. The summed E-state index contributed by atoms with van der Waals surface area (Å²) < 4.78 is 8.27. The minimum absolute atomic E-state index is 0.104. The van der Waals surface area contributed by atoms with Gasteiger partial charge in [-0.15, -0.1) is 11.8 Å². The van der Waals surface area contributed by atoms with Crippen LogP contribution in [0.5, 0.6) is 5.75 Å². The maximum atomic E-state index is 6.14. The molecule has 1 fully saturated rings. The number of imidazole rings is 1. The maximum absolute atomic E-state index is 6.14. The van der Waals surface area contributed by atoms with Gasteiger partial charge in [0.05, 0.1) is 17.9 Å². The first kappa shape index (κ1) is 23.8. The average Bonchev–Trinajstić information content (AvgIpc) is 3.10. The fourth-order valence-corrected chi connectivity index (χ4v) is 5.46. The molecular weight excluding hydrogens is 432 g/mol. The van der Waals surface area contributed by atoms with E-state index in [9.17, 15) is 0 Å². The average molecular weight is 469 g/mol. The normalized spacial score (nSPS) is 18.3. The van der Waals surface area contributed by atoms with E-state index in [1.165, 1.54) is 30.8 Å². The van der Waals surface area contributed by atoms with Crippen LogP contribution in [-0.2, 0) is 6.54 Å². The molecule has 2 aromatic rings. The van der Waals surface area contributed by atoms with Crippen molar-refractivity contribution in [1.82, 2.24) is 14.5 Å². The third kappa shape index (κ3) is 5.79. The molecule has 8 heteroatoms. The Kier molecular flexibility index (Phi) is 7.44. The van der Waals surface area contributed by atoms with Crippen molar-refractivity contribution in [3.63, 3.8) is 0 Å². The lowest BCUT2D eigenvalue weighted by Gasteiger charge is -2.34. The molecule has 7 nitrogen and oxygen atoms in total. The van der Waals surface area contributed by atoms with E-state index >= 15 is 0 Å². The highest BCUT2D eigenvalue weighted by atomic mass is 32.2. The van der Waals surface area contributed by atoms with Gasteiger partial charge in [-0.05, 0) is 78.7 Å². The molecule has 1 saturated heterocycles. The zero-order chi connectivity index (χ0) is 23.5. The number of amidine groups is 2. The molecule has 178 valence electrons. The van der Waals surface area contributed by atoms with Crippen LogP contribution in [0.4, 0.5) is 0 Å². The first-order chi connectivity index (χ1) is 15.8. The van der Waals surface area contributed by atoms with E-state index in [4.69, 9.17) is 15.5 Å². The van der Waals surface area contributed by atoms with Crippen LogP contribution in [0.3, 0.4) is 0 Å². The highest BCUT2D eigenvalue weighted by molar-refractivity contribution is 8.00. The van der Waals surface area contributed by atoms with Gasteiger partial charge >= 0.3 is 0 Å². The summed E-state index contributed by atoms with van der Waals surface area (Å²) in [4.78, 5) is 17.8. The standard InChI is InChI=1S/C25H36N6OS/c1-16(2)27-24(28-18(5)26)22-15-31-12-13-32-23-14-20(6-7-21(23)25(31)29-22)33-19-8-10-30(11-9-19)17(3)4/h6-7,14-17,19H,8-13H2,1-5H3,(H2,26,27,28). The lowest BCUT2D eigenvalue weighted by Crippen LogP contribution is -2.39. The van der Waals surface area contributed by atoms with Crippen molar-refractivity contribution in [3.05, 3.63) is 30.1 Å². The fraction of sp³-hybridized carbons (Fsp3) is 0.560. The number of benzene rings is 1.